The van der Waals surface area contributed by atoms with Crippen LogP contribution < -0.4 is 5.32 Å². The molecule has 0 bridgehead atoms. The van der Waals surface area contributed by atoms with Gasteiger partial charge < -0.3 is 15.3 Å². The van der Waals surface area contributed by atoms with Crippen molar-refractivity contribution in [2.24, 2.45) is 5.92 Å². The normalized spacial score (nSPS) is 13.8. The Kier molecular flexibility index (Phi) is 7.80. The third kappa shape index (κ3) is 6.44. The Morgan fingerprint density at radius 3 is 2.42 bits per heavy atom. The van der Waals surface area contributed by atoms with E-state index in [0.29, 0.717) is 4.90 Å². The number of anilines is 1. The third-order valence-electron chi connectivity index (χ3n) is 3.77. The van der Waals surface area contributed by atoms with Gasteiger partial charge in [0.2, 0.25) is 0 Å². The van der Waals surface area contributed by atoms with Gasteiger partial charge in [0, 0.05) is 23.7 Å². The van der Waals surface area contributed by atoms with E-state index in [9.17, 15) is 22.8 Å². The summed E-state index contributed by atoms with van der Waals surface area (Å²) >= 11 is 1.33. The Bertz CT molecular complexity index is 653. The van der Waals surface area contributed by atoms with E-state index in [1.54, 1.807) is 0 Å². The number of nitrogens with zero attached hydrogens (tertiary/aromatic N) is 1. The molecule has 0 aromatic heterocycles. The van der Waals surface area contributed by atoms with Crippen LogP contribution in [-0.4, -0.2) is 40.8 Å². The van der Waals surface area contributed by atoms with Gasteiger partial charge >= 0.3 is 18.2 Å². The number of hydrogen-bond acceptors (Lipinski definition) is 3. The molecule has 9 heteroatoms. The number of thioether (sulfide) groups is 1. The van der Waals surface area contributed by atoms with Gasteiger partial charge in [-0.3, -0.25) is 4.79 Å². The largest absolute Gasteiger partial charge is 0.481 e. The summed E-state index contributed by atoms with van der Waals surface area (Å²) in [5.74, 6) is -1.92. The highest BCUT2D eigenvalue weighted by molar-refractivity contribution is 7.99. The topological polar surface area (TPSA) is 69.6 Å². The highest BCUT2D eigenvalue weighted by atomic mass is 32.2. The Hall–Kier alpha value is -1.90. The Balaban J connectivity index is 3.00. The Morgan fingerprint density at radius 1 is 1.31 bits per heavy atom. The Morgan fingerprint density at radius 2 is 1.92 bits per heavy atom. The highest BCUT2D eigenvalue weighted by Gasteiger charge is 2.34. The van der Waals surface area contributed by atoms with Crippen molar-refractivity contribution in [3.63, 3.8) is 0 Å². The minimum absolute atomic E-state index is 0.121. The number of rotatable bonds is 7. The lowest BCUT2D eigenvalue weighted by atomic mass is 10.1. The molecule has 0 heterocycles. The molecule has 0 aliphatic carbocycles. The van der Waals surface area contributed by atoms with Crippen LogP contribution in [-0.2, 0) is 11.0 Å². The van der Waals surface area contributed by atoms with Crippen molar-refractivity contribution in [3.8, 4) is 0 Å². The van der Waals surface area contributed by atoms with Crippen LogP contribution in [0.15, 0.2) is 23.1 Å². The van der Waals surface area contributed by atoms with Gasteiger partial charge in [0.25, 0.3) is 0 Å². The first-order chi connectivity index (χ1) is 12.0. The summed E-state index contributed by atoms with van der Waals surface area (Å²) in [4.78, 5) is 24.5. The molecule has 5 nitrogen and oxygen atoms in total. The average Bonchev–Trinajstić information content (AvgIpc) is 2.54. The van der Waals surface area contributed by atoms with Crippen LogP contribution in [0.5, 0.6) is 0 Å². The first kappa shape index (κ1) is 22.1. The van der Waals surface area contributed by atoms with Gasteiger partial charge in [-0.15, -0.1) is 11.8 Å². The number of aliphatic carboxylic acids is 1. The molecule has 0 spiro atoms. The molecule has 0 fully saturated rings. The Labute approximate surface area is 154 Å². The summed E-state index contributed by atoms with van der Waals surface area (Å²) in [5.41, 5.74) is -1.29. The number of urea groups is 1. The second-order valence-corrected chi connectivity index (χ2v) is 7.60. The maximum atomic E-state index is 13.4. The molecule has 0 aliphatic heterocycles. The van der Waals surface area contributed by atoms with Crippen LogP contribution in [0.3, 0.4) is 0 Å². The number of halogens is 3. The molecule has 0 saturated carbocycles. The average molecular weight is 392 g/mol. The minimum atomic E-state index is -4.62. The summed E-state index contributed by atoms with van der Waals surface area (Å²) in [6.45, 7) is 5.16. The molecule has 2 amide bonds. The van der Waals surface area contributed by atoms with Crippen LogP contribution >= 0.6 is 11.8 Å². The highest BCUT2D eigenvalue weighted by Crippen LogP contribution is 2.38. The maximum absolute atomic E-state index is 13.4. The molecule has 1 rings (SSSR count). The van der Waals surface area contributed by atoms with Crippen molar-refractivity contribution in [3.05, 3.63) is 23.8 Å². The molecule has 0 saturated heterocycles. The van der Waals surface area contributed by atoms with Gasteiger partial charge in [0.05, 0.1) is 17.2 Å². The van der Waals surface area contributed by atoms with E-state index in [-0.39, 0.29) is 17.5 Å². The molecule has 2 atom stereocenters. The molecule has 0 aliphatic rings. The van der Waals surface area contributed by atoms with E-state index < -0.39 is 29.7 Å². The standard InChI is InChI=1S/C17H23F3N2O3S/c1-5-11(3)26-12-6-7-14(13(8-12)17(18,19)20)21-16(25)22(4)9-10(2)15(23)24/h6-8,10-11H,5,9H2,1-4H3,(H,21,25)(H,23,24). The predicted octanol–water partition coefficient (Wildman–Crippen LogP) is 4.78. The van der Waals surface area contributed by atoms with Gasteiger partial charge in [-0.05, 0) is 24.6 Å². The third-order valence-corrected chi connectivity index (χ3v) is 5.03. The fourth-order valence-corrected chi connectivity index (χ4v) is 3.00. The number of amides is 2. The summed E-state index contributed by atoms with van der Waals surface area (Å²) in [6, 6.07) is 2.97. The number of nitrogens with one attached hydrogen (secondary N) is 1. The monoisotopic (exact) mass is 392 g/mol. The minimum Gasteiger partial charge on any atom is -0.481 e. The van der Waals surface area contributed by atoms with Crippen molar-refractivity contribution in [1.29, 1.82) is 0 Å². The van der Waals surface area contributed by atoms with E-state index >= 15 is 0 Å². The second kappa shape index (κ2) is 9.16. The lowest BCUT2D eigenvalue weighted by Crippen LogP contribution is -2.37. The number of carbonyl (C=O) groups excluding carboxylic acids is 1. The van der Waals surface area contributed by atoms with Gasteiger partial charge in [-0.1, -0.05) is 20.8 Å². The molecule has 2 N–H and O–H groups in total. The molecule has 2 unspecified atom stereocenters. The number of carbonyl (C=O) groups is 2. The van der Waals surface area contributed by atoms with Gasteiger partial charge in [-0.25, -0.2) is 4.79 Å². The molecular formula is C17H23F3N2O3S. The smallest absolute Gasteiger partial charge is 0.418 e. The zero-order valence-corrected chi connectivity index (χ0v) is 15.9. The van der Waals surface area contributed by atoms with Crippen LogP contribution in [0.1, 0.15) is 32.8 Å². The number of carboxylic acids is 1. The van der Waals surface area contributed by atoms with E-state index in [1.165, 1.54) is 37.9 Å². The zero-order valence-electron chi connectivity index (χ0n) is 15.1. The lowest BCUT2D eigenvalue weighted by Gasteiger charge is -2.22. The van der Waals surface area contributed by atoms with Gasteiger partial charge in [-0.2, -0.15) is 13.2 Å². The van der Waals surface area contributed by atoms with Crippen molar-refractivity contribution in [2.75, 3.05) is 18.9 Å². The summed E-state index contributed by atoms with van der Waals surface area (Å²) in [7, 11) is 1.33. The molecule has 0 radical (unpaired) electrons. The van der Waals surface area contributed by atoms with E-state index in [2.05, 4.69) is 5.32 Å². The van der Waals surface area contributed by atoms with Crippen LogP contribution in [0, 0.1) is 5.92 Å². The van der Waals surface area contributed by atoms with Gasteiger partial charge in [0.15, 0.2) is 0 Å². The van der Waals surface area contributed by atoms with Crippen molar-refractivity contribution in [1.82, 2.24) is 4.90 Å². The number of alkyl halides is 3. The fourth-order valence-electron chi connectivity index (χ4n) is 2.04. The number of carboxylic acid groups (broad SMARTS) is 1. The molecule has 146 valence electrons. The predicted molar refractivity (Wildman–Crippen MR) is 95.5 cm³/mol. The zero-order chi connectivity index (χ0) is 20.1. The van der Waals surface area contributed by atoms with E-state index in [0.717, 1.165) is 17.4 Å². The second-order valence-electron chi connectivity index (χ2n) is 6.09. The number of hydrogen-bond donors (Lipinski definition) is 2. The molecular weight excluding hydrogens is 369 g/mol. The fraction of sp³-hybridized carbons (Fsp3) is 0.529. The van der Waals surface area contributed by atoms with Crippen molar-refractivity contribution >= 4 is 29.4 Å². The first-order valence-corrected chi connectivity index (χ1v) is 8.96. The van der Waals surface area contributed by atoms with E-state index in [1.807, 2.05) is 13.8 Å². The van der Waals surface area contributed by atoms with Crippen LogP contribution in [0.2, 0.25) is 0 Å². The molecule has 26 heavy (non-hydrogen) atoms. The summed E-state index contributed by atoms with van der Waals surface area (Å²) < 4.78 is 40.1. The van der Waals surface area contributed by atoms with Crippen molar-refractivity contribution in [2.45, 2.75) is 43.5 Å². The molecule has 1 aromatic rings. The summed E-state index contributed by atoms with van der Waals surface area (Å²) in [5, 5.41) is 11.3. The van der Waals surface area contributed by atoms with Gasteiger partial charge in [0.1, 0.15) is 0 Å². The van der Waals surface area contributed by atoms with E-state index in [4.69, 9.17) is 5.11 Å². The summed E-state index contributed by atoms with van der Waals surface area (Å²) in [6.07, 6.45) is -3.81. The number of benzene rings is 1. The van der Waals surface area contributed by atoms with Crippen LogP contribution in [0.25, 0.3) is 0 Å². The first-order valence-electron chi connectivity index (χ1n) is 8.08. The van der Waals surface area contributed by atoms with Crippen LogP contribution in [0.4, 0.5) is 23.7 Å². The maximum Gasteiger partial charge on any atom is 0.418 e. The van der Waals surface area contributed by atoms with Crippen molar-refractivity contribution < 1.29 is 27.9 Å². The lowest BCUT2D eigenvalue weighted by molar-refractivity contribution is -0.141. The quantitative estimate of drug-likeness (QED) is 0.655. The molecule has 1 aromatic carbocycles. The SMILES string of the molecule is CCC(C)Sc1ccc(NC(=O)N(C)CC(C)C(=O)O)c(C(F)(F)F)c1.